The largest absolute Gasteiger partial charge is 0.346 e. The molecule has 0 amide bonds. The van der Waals surface area contributed by atoms with Gasteiger partial charge in [0.15, 0.2) is 0 Å². The lowest BCUT2D eigenvalue weighted by molar-refractivity contribution is -0.128. The second-order valence-electron chi connectivity index (χ2n) is 14.6. The number of ketones is 1. The Bertz CT molecular complexity index is 1590. The second kappa shape index (κ2) is 12.3. The van der Waals surface area contributed by atoms with E-state index in [1.165, 1.54) is 39.8 Å². The van der Waals surface area contributed by atoms with Gasteiger partial charge in [-0.05, 0) is 134 Å². The summed E-state index contributed by atoms with van der Waals surface area (Å²) in [4.78, 5) is 22.6. The van der Waals surface area contributed by atoms with Gasteiger partial charge in [-0.15, -0.1) is 11.3 Å². The van der Waals surface area contributed by atoms with Crippen LogP contribution < -0.4 is 10.0 Å². The van der Waals surface area contributed by atoms with Crippen molar-refractivity contribution >= 4 is 37.4 Å². The first kappa shape index (κ1) is 31.9. The number of fused-ring (bicyclic) bond motifs is 3. The number of hydrogen-bond acceptors (Lipinski definition) is 6. The number of nitrogens with zero attached hydrogens (tertiary/aromatic N) is 1. The molecule has 4 heterocycles. The van der Waals surface area contributed by atoms with Gasteiger partial charge < -0.3 is 15.2 Å². The number of benzene rings is 1. The molecule has 3 atom stereocenters. The molecule has 2 aliphatic heterocycles. The van der Waals surface area contributed by atoms with Crippen LogP contribution in [0.15, 0.2) is 24.3 Å². The van der Waals surface area contributed by atoms with E-state index in [-0.39, 0.29) is 5.92 Å². The predicted molar refractivity (Wildman–Crippen MR) is 182 cm³/mol. The summed E-state index contributed by atoms with van der Waals surface area (Å²) in [6.07, 6.45) is 5.22. The Labute approximate surface area is 267 Å². The average molecular weight is 639 g/mol. The van der Waals surface area contributed by atoms with Crippen molar-refractivity contribution in [2.75, 3.05) is 32.7 Å². The van der Waals surface area contributed by atoms with Crippen molar-refractivity contribution in [3.05, 3.63) is 45.8 Å². The molecule has 3 N–H and O–H groups in total. The monoisotopic (exact) mass is 638 g/mol. The van der Waals surface area contributed by atoms with Crippen molar-refractivity contribution < 1.29 is 13.2 Å². The number of aromatic nitrogens is 1. The summed E-state index contributed by atoms with van der Waals surface area (Å²) < 4.78 is 27.3. The molecule has 1 saturated carbocycles. The molecular formula is C35H50N4O3S2. The predicted octanol–water partition coefficient (Wildman–Crippen LogP) is 5.94. The van der Waals surface area contributed by atoms with Gasteiger partial charge >= 0.3 is 0 Å². The lowest BCUT2D eigenvalue weighted by Gasteiger charge is -2.32. The highest BCUT2D eigenvalue weighted by Gasteiger charge is 2.50. The molecular weight excluding hydrogens is 589 g/mol. The van der Waals surface area contributed by atoms with E-state index in [2.05, 4.69) is 71.9 Å². The van der Waals surface area contributed by atoms with Crippen LogP contribution in [0.3, 0.4) is 0 Å². The van der Waals surface area contributed by atoms with Gasteiger partial charge in [0, 0.05) is 35.3 Å². The Kier molecular flexibility index (Phi) is 8.91. The Morgan fingerprint density at radius 1 is 1.07 bits per heavy atom. The van der Waals surface area contributed by atoms with Gasteiger partial charge in [-0.25, -0.2) is 13.1 Å². The van der Waals surface area contributed by atoms with E-state index in [9.17, 15) is 13.2 Å². The molecule has 7 nitrogen and oxygen atoms in total. The van der Waals surface area contributed by atoms with E-state index in [0.717, 1.165) is 61.6 Å². The number of aromatic amines is 1. The number of nitrogens with one attached hydrogen (secondary N) is 3. The number of hydrogen-bond donors (Lipinski definition) is 3. The zero-order valence-electron chi connectivity index (χ0n) is 27.3. The Morgan fingerprint density at radius 3 is 2.36 bits per heavy atom. The number of sulfonamides is 1. The number of likely N-dealkylation sites (tertiary alicyclic amines) is 1. The Balaban J connectivity index is 1.22. The first-order valence-electron chi connectivity index (χ1n) is 16.6. The van der Waals surface area contributed by atoms with Crippen LogP contribution in [-0.4, -0.2) is 68.1 Å². The molecule has 3 fully saturated rings. The smallest absolute Gasteiger partial charge is 0.213 e. The maximum absolute atomic E-state index is 14.0. The third-order valence-electron chi connectivity index (χ3n) is 10.7. The minimum atomic E-state index is -3.22. The van der Waals surface area contributed by atoms with Crippen molar-refractivity contribution in [1.29, 1.82) is 0 Å². The van der Waals surface area contributed by atoms with Crippen molar-refractivity contribution in [2.45, 2.75) is 90.4 Å². The highest BCUT2D eigenvalue weighted by molar-refractivity contribution is 7.90. The van der Waals surface area contributed by atoms with Crippen molar-refractivity contribution in [1.82, 2.24) is 19.9 Å². The number of piperidine rings is 2. The Morgan fingerprint density at radius 2 is 1.77 bits per heavy atom. The number of rotatable bonds is 11. The van der Waals surface area contributed by atoms with E-state index in [1.54, 1.807) is 25.2 Å². The normalized spacial score (nSPS) is 23.4. The van der Waals surface area contributed by atoms with Gasteiger partial charge in [-0.2, -0.15) is 0 Å². The Hall–Kier alpha value is -2.04. The van der Waals surface area contributed by atoms with Crippen LogP contribution in [0, 0.1) is 31.6 Å². The summed E-state index contributed by atoms with van der Waals surface area (Å²) in [5, 5.41) is 4.44. The topological polar surface area (TPSA) is 94.3 Å². The molecule has 0 spiro atoms. The molecule has 1 aromatic carbocycles. The number of carbonyl (C=O) groups is 1. The van der Waals surface area contributed by atoms with Crippen LogP contribution in [-0.2, 0) is 26.7 Å². The number of aryl methyl sites for hydroxylation is 2. The number of Topliss-reactive ketones (excluding diaryl/α,β-unsaturated/α-hetero) is 1. The van der Waals surface area contributed by atoms with Gasteiger partial charge in [0.25, 0.3) is 0 Å². The number of H-pyrrole nitrogens is 1. The SMILES string of the molecule is Cc1cc(C)cc(-c2[nH]c3sc(C(C)(C)C(=O)C4C5CCC4NC5)cc3c2CCN2CCC(CNS(=O)(=O)C(C)C)CC2)c1. The summed E-state index contributed by atoms with van der Waals surface area (Å²) in [6, 6.07) is 9.42. The molecule has 9 heteroatoms. The van der Waals surface area contributed by atoms with Gasteiger partial charge in [-0.1, -0.05) is 17.2 Å². The van der Waals surface area contributed by atoms with Crippen molar-refractivity contribution in [3.63, 3.8) is 0 Å². The molecule has 3 aliphatic rings. The van der Waals surface area contributed by atoms with E-state index in [1.807, 2.05) is 0 Å². The van der Waals surface area contributed by atoms with Crippen LogP contribution in [0.5, 0.6) is 0 Å². The molecule has 2 aromatic heterocycles. The number of carbonyl (C=O) groups excluding carboxylic acids is 1. The molecule has 2 bridgehead atoms. The lowest BCUT2D eigenvalue weighted by atomic mass is 9.76. The van der Waals surface area contributed by atoms with Gasteiger partial charge in [0.05, 0.1) is 16.4 Å². The summed E-state index contributed by atoms with van der Waals surface area (Å²) in [5.41, 5.74) is 5.76. The number of thiophene rings is 1. The van der Waals surface area contributed by atoms with Crippen molar-refractivity contribution in [2.24, 2.45) is 17.8 Å². The van der Waals surface area contributed by atoms with E-state index < -0.39 is 20.7 Å². The fourth-order valence-corrected chi connectivity index (χ4v) is 9.83. The molecule has 0 radical (unpaired) electrons. The first-order valence-corrected chi connectivity index (χ1v) is 18.9. The van der Waals surface area contributed by atoms with Crippen LogP contribution >= 0.6 is 11.3 Å². The van der Waals surface area contributed by atoms with Crippen LogP contribution in [0.2, 0.25) is 0 Å². The summed E-state index contributed by atoms with van der Waals surface area (Å²) in [5.74, 6) is 1.41. The van der Waals surface area contributed by atoms with Crippen LogP contribution in [0.4, 0.5) is 0 Å². The molecule has 44 heavy (non-hydrogen) atoms. The van der Waals surface area contributed by atoms with Crippen molar-refractivity contribution in [3.8, 4) is 11.3 Å². The first-order chi connectivity index (χ1) is 20.8. The highest BCUT2D eigenvalue weighted by atomic mass is 32.2. The summed E-state index contributed by atoms with van der Waals surface area (Å²) >= 11 is 1.76. The third-order valence-corrected chi connectivity index (χ3v) is 13.8. The summed E-state index contributed by atoms with van der Waals surface area (Å²) in [7, 11) is -3.22. The third kappa shape index (κ3) is 6.19. The van der Waals surface area contributed by atoms with Gasteiger partial charge in [-0.3, -0.25) is 4.79 Å². The standard InChI is InChI=1S/C35H50N4O3S2/c1-21(2)44(41,42)37-19-24-9-12-39(13-10-24)14-11-27-28-18-30(35(5,6)33(40)31-25-7-8-29(31)36-20-25)43-34(28)38-32(27)26-16-22(3)15-23(4)17-26/h15-18,21,24-25,29,31,36-38H,7-14,19-20H2,1-6H3. The highest BCUT2D eigenvalue weighted by Crippen LogP contribution is 2.45. The molecule has 240 valence electrons. The van der Waals surface area contributed by atoms with Gasteiger partial charge in [0.1, 0.15) is 10.6 Å². The maximum Gasteiger partial charge on any atom is 0.213 e. The minimum Gasteiger partial charge on any atom is -0.346 e. The zero-order valence-corrected chi connectivity index (χ0v) is 28.9. The van der Waals surface area contributed by atoms with Gasteiger partial charge in [0.2, 0.25) is 10.0 Å². The average Bonchev–Trinajstić information content (AvgIpc) is 3.75. The second-order valence-corrected chi connectivity index (χ2v) is 17.9. The van der Waals surface area contributed by atoms with E-state index in [4.69, 9.17) is 0 Å². The van der Waals surface area contributed by atoms with E-state index in [0.29, 0.717) is 30.2 Å². The van der Waals surface area contributed by atoms with Crippen LogP contribution in [0.1, 0.15) is 74.9 Å². The molecule has 6 rings (SSSR count). The van der Waals surface area contributed by atoms with Crippen LogP contribution in [0.25, 0.3) is 21.5 Å². The zero-order chi connectivity index (χ0) is 31.4. The molecule has 3 aromatic rings. The fourth-order valence-electron chi connectivity index (χ4n) is 7.83. The fraction of sp³-hybridized carbons (Fsp3) is 0.629. The molecule has 2 saturated heterocycles. The van der Waals surface area contributed by atoms with E-state index >= 15 is 0 Å². The molecule has 3 unspecified atom stereocenters. The minimum absolute atomic E-state index is 0.138. The molecule has 1 aliphatic carbocycles. The lowest BCUT2D eigenvalue weighted by Crippen LogP contribution is -2.40. The summed E-state index contributed by atoms with van der Waals surface area (Å²) in [6.45, 7) is 16.5. The maximum atomic E-state index is 14.0. The quantitative estimate of drug-likeness (QED) is 0.242.